The molecule has 644 valence electrons. The van der Waals surface area contributed by atoms with Crippen LogP contribution in [0.4, 0.5) is 0 Å². The summed E-state index contributed by atoms with van der Waals surface area (Å²) in [5, 5.41) is 12.0. The predicted octanol–water partition coefficient (Wildman–Crippen LogP) is 33.4. The number of para-hydroxylation sites is 5. The monoisotopic (exact) mass is 1750 g/mol. The van der Waals surface area contributed by atoms with E-state index in [2.05, 4.69) is 383 Å². The van der Waals surface area contributed by atoms with Crippen LogP contribution in [0.1, 0.15) is 99.9 Å². The Bertz CT molecular complexity index is 9450. The molecule has 10 nitrogen and oxygen atoms in total. The third kappa shape index (κ3) is 11.7. The number of fused-ring (bicyclic) bond motifs is 30. The van der Waals surface area contributed by atoms with Crippen LogP contribution in [0.15, 0.2) is 394 Å². The first-order valence-electron chi connectivity index (χ1n) is 46.9. The number of furan rings is 4. The van der Waals surface area contributed by atoms with Gasteiger partial charge < -0.3 is 17.7 Å². The zero-order chi connectivity index (χ0) is 90.9. The lowest BCUT2D eigenvalue weighted by atomic mass is 9.82. The summed E-state index contributed by atoms with van der Waals surface area (Å²) in [5.74, 6) is 1.99. The van der Waals surface area contributed by atoms with Crippen molar-refractivity contribution < 1.29 is 17.7 Å². The van der Waals surface area contributed by atoms with Gasteiger partial charge in [-0.3, -0.25) is 0 Å². The molecule has 136 heavy (non-hydrogen) atoms. The third-order valence-corrected chi connectivity index (χ3v) is 29.9. The molecule has 0 amide bonds. The minimum absolute atomic E-state index is 0.0587. The van der Waals surface area contributed by atoms with Crippen LogP contribution in [0, 0.1) is 0 Å². The van der Waals surface area contributed by atoms with Gasteiger partial charge in [-0.05, 0) is 185 Å². The Labute approximate surface area is 784 Å². The van der Waals surface area contributed by atoms with Gasteiger partial charge in [0.25, 0.3) is 0 Å². The average Bonchev–Trinajstić information content (AvgIpc) is 1.54. The first kappa shape index (κ1) is 79.0. The van der Waals surface area contributed by atoms with Gasteiger partial charge in [-0.2, -0.15) is 0 Å². The number of benzene rings is 18. The maximum atomic E-state index is 6.75. The van der Waals surface area contributed by atoms with E-state index in [0.717, 1.165) is 166 Å². The van der Waals surface area contributed by atoms with Crippen molar-refractivity contribution in [2.75, 3.05) is 0 Å². The Morgan fingerprint density at radius 1 is 0.176 bits per heavy atom. The molecule has 10 heteroatoms. The molecule has 0 unspecified atom stereocenters. The van der Waals surface area contributed by atoms with E-state index in [1.54, 1.807) is 0 Å². The molecule has 29 rings (SSSR count). The molecule has 0 spiro atoms. The lowest BCUT2D eigenvalue weighted by Crippen LogP contribution is -2.15. The van der Waals surface area contributed by atoms with Gasteiger partial charge in [0.2, 0.25) is 0 Å². The number of hydrogen-bond donors (Lipinski definition) is 0. The van der Waals surface area contributed by atoms with Crippen molar-refractivity contribution >= 4 is 120 Å². The highest BCUT2D eigenvalue weighted by Crippen LogP contribution is 2.59. The molecule has 0 radical (unpaired) electrons. The summed E-state index contributed by atoms with van der Waals surface area (Å²) >= 11 is 0. The third-order valence-electron chi connectivity index (χ3n) is 29.9. The Balaban J connectivity index is 0.000000103. The normalized spacial score (nSPS) is 14.1. The average molecular weight is 1750 g/mol. The topological polar surface area (TPSA) is 130 Å². The minimum atomic E-state index is -0.0963. The summed E-state index contributed by atoms with van der Waals surface area (Å²) in [5.41, 5.74) is 41.3. The van der Waals surface area contributed by atoms with E-state index in [1.165, 1.54) is 105 Å². The molecule has 0 aliphatic heterocycles. The van der Waals surface area contributed by atoms with E-state index >= 15 is 0 Å². The maximum Gasteiger partial charge on any atom is 0.164 e. The molecule has 4 aliphatic rings. The van der Waals surface area contributed by atoms with E-state index in [0.29, 0.717) is 17.5 Å². The van der Waals surface area contributed by atoms with Gasteiger partial charge in [0.15, 0.2) is 17.5 Å². The van der Waals surface area contributed by atoms with Gasteiger partial charge in [-0.25, -0.2) is 29.9 Å². The lowest BCUT2D eigenvalue weighted by molar-refractivity contribution is 0.656. The predicted molar refractivity (Wildman–Crippen MR) is 556 cm³/mol. The van der Waals surface area contributed by atoms with Gasteiger partial charge in [0.05, 0.1) is 44.8 Å². The molecule has 7 aromatic heterocycles. The Kier molecular flexibility index (Phi) is 17.0. The highest BCUT2D eigenvalue weighted by molar-refractivity contribution is 6.21. The van der Waals surface area contributed by atoms with Crippen LogP contribution in [0.2, 0.25) is 0 Å². The van der Waals surface area contributed by atoms with Crippen molar-refractivity contribution in [1.29, 1.82) is 0 Å². The first-order valence-corrected chi connectivity index (χ1v) is 46.9. The molecule has 0 saturated heterocycles. The summed E-state index contributed by atoms with van der Waals surface area (Å²) in [6.45, 7) is 18.5. The summed E-state index contributed by atoms with van der Waals surface area (Å²) < 4.78 is 26.3. The van der Waals surface area contributed by atoms with Gasteiger partial charge in [-0.1, -0.05) is 347 Å². The quantitative estimate of drug-likeness (QED) is 0.152. The number of rotatable bonds is 7. The van der Waals surface area contributed by atoms with E-state index in [-0.39, 0.29) is 21.7 Å². The molecule has 0 fully saturated rings. The van der Waals surface area contributed by atoms with Gasteiger partial charge in [0.1, 0.15) is 44.7 Å². The van der Waals surface area contributed by atoms with Gasteiger partial charge in [0, 0.05) is 103 Å². The second-order valence-electron chi connectivity index (χ2n) is 38.9. The van der Waals surface area contributed by atoms with Gasteiger partial charge >= 0.3 is 0 Å². The fourth-order valence-corrected chi connectivity index (χ4v) is 23.2. The van der Waals surface area contributed by atoms with Crippen LogP contribution in [0.25, 0.3) is 244 Å². The Morgan fingerprint density at radius 2 is 0.551 bits per heavy atom. The highest BCUT2D eigenvalue weighted by Gasteiger charge is 2.42. The zero-order valence-corrected chi connectivity index (χ0v) is 76.1. The minimum Gasteiger partial charge on any atom is -0.456 e. The van der Waals surface area contributed by atoms with Crippen molar-refractivity contribution in [3.63, 3.8) is 0 Å². The van der Waals surface area contributed by atoms with Gasteiger partial charge in [-0.15, -0.1) is 0 Å². The van der Waals surface area contributed by atoms with Crippen molar-refractivity contribution in [2.45, 2.75) is 77.0 Å². The van der Waals surface area contributed by atoms with Crippen LogP contribution in [0.3, 0.4) is 0 Å². The molecule has 7 heterocycles. The summed E-state index contributed by atoms with van der Waals surface area (Å²) in [4.78, 5) is 31.2. The molecule has 0 atom stereocenters. The van der Waals surface area contributed by atoms with E-state index in [1.807, 2.05) is 48.5 Å². The molecule has 0 bridgehead atoms. The molecule has 4 aliphatic carbocycles. The van der Waals surface area contributed by atoms with Crippen LogP contribution in [-0.2, 0) is 21.7 Å². The van der Waals surface area contributed by atoms with Crippen molar-refractivity contribution in [2.24, 2.45) is 0 Å². The lowest BCUT2D eigenvalue weighted by Gasteiger charge is -2.22. The second kappa shape index (κ2) is 29.3. The summed E-state index contributed by atoms with van der Waals surface area (Å²) in [6, 6.07) is 132. The molecular weight excluding hydrogens is 1660 g/mol. The molecule has 0 saturated carbocycles. The molecular formula is C126H86N6O4. The van der Waals surface area contributed by atoms with E-state index in [9.17, 15) is 0 Å². The highest BCUT2D eigenvalue weighted by atomic mass is 16.3. The number of aromatic nitrogens is 6. The Hall–Kier alpha value is -16.8. The maximum absolute atomic E-state index is 6.75. The number of hydrogen-bond acceptors (Lipinski definition) is 10. The summed E-state index contributed by atoms with van der Waals surface area (Å²) in [7, 11) is 0. The molecule has 0 N–H and O–H groups in total. The largest absolute Gasteiger partial charge is 0.456 e. The van der Waals surface area contributed by atoms with Crippen LogP contribution < -0.4 is 0 Å². The zero-order valence-electron chi connectivity index (χ0n) is 76.1. The fraction of sp³-hybridized carbons (Fsp3) is 0.0952. The fourth-order valence-electron chi connectivity index (χ4n) is 23.2. The molecule has 18 aromatic carbocycles. The summed E-state index contributed by atoms with van der Waals surface area (Å²) in [6.07, 6.45) is 0. The number of nitrogens with zero attached hydrogens (tertiary/aromatic N) is 6. The standard InChI is InChI=1S/C44H32N2O.C41H26N2O2.C41H28N2O/c1-43(2)33-18-9-6-13-28(33)38-34(43)22-23-37-39(38)30-15-11-16-31(41(30)47-37)42-45-36-19-10-7-14-29(36)40(46-42)25-20-21-27-26-12-5-8-17-32(26)44(3,4)35(27)24-25;1-41(2)29-17-6-3-11-23(29)36-30(41)21-22-34-37(36)27-15-9-16-28(39(27)45-34)40-42-31-18-7-4-12-24(31)38(43-40)26-14-10-20-33-35(26)25-13-5-8-19-32(25)44-33;1-41(2)32-16-10-9-15-29(32)37-33(41)20-22-35-38(37)30-19-17-28(24-36(30)44-35)40-42-34-21-18-27(25-11-5-3-6-12-25)23-31(34)39(43-40)26-13-7-4-8-14-26/h5-24H,1-4H3;3-22H,1-2H3;3-24H,1-2H3. The van der Waals surface area contributed by atoms with Crippen LogP contribution in [-0.4, -0.2) is 29.9 Å². The van der Waals surface area contributed by atoms with Crippen molar-refractivity contribution in [1.82, 2.24) is 29.9 Å². The van der Waals surface area contributed by atoms with E-state index in [4.69, 9.17) is 47.6 Å². The smallest absolute Gasteiger partial charge is 0.164 e. The first-order chi connectivity index (χ1) is 66.5. The van der Waals surface area contributed by atoms with E-state index < -0.39 is 0 Å². The SMILES string of the molecule is CC1(C)c2ccccc2-c2c1ccc1oc3c(-c4nc(-c5cccc6oc7ccccc7c56)c5ccccc5n4)cccc3c21.CC1(C)c2ccccc2-c2c1ccc1oc3cc(-c4nc(-c5ccccc5)c5cc(-c6ccccc6)ccc5n4)ccc3c21.CC1(C)c2ccccc2-c2ccc(-c3nc(-c4cccc5c4oc4ccc6c(c45)-c4ccccc4C6(C)C)nc4ccccc34)cc21. The van der Waals surface area contributed by atoms with Crippen LogP contribution >= 0.6 is 0 Å². The van der Waals surface area contributed by atoms with Crippen molar-refractivity contribution in [3.05, 3.63) is 421 Å². The Morgan fingerprint density at radius 3 is 1.14 bits per heavy atom. The van der Waals surface area contributed by atoms with Crippen LogP contribution in [0.5, 0.6) is 0 Å². The second-order valence-corrected chi connectivity index (χ2v) is 38.9. The van der Waals surface area contributed by atoms with Crippen molar-refractivity contribution in [3.8, 4) is 124 Å². The molecule has 25 aromatic rings.